The fourth-order valence-electron chi connectivity index (χ4n) is 4.29. The lowest BCUT2D eigenvalue weighted by Gasteiger charge is -2.25. The summed E-state index contributed by atoms with van der Waals surface area (Å²) in [7, 11) is 0. The van der Waals surface area contributed by atoms with Crippen LogP contribution in [-0.4, -0.2) is 15.3 Å². The standard InChI is InChI=1S/C27H22N2O2/c1-18-11-13-19(14-12-18)20-15-21(17-23(30)16-20)26-28-25-10-6-5-9-24(25)27(31)29(26)22-7-3-2-4-8-22/h2-14,16,21H,15,17H2,1H3. The van der Waals surface area contributed by atoms with Crippen LogP contribution in [0.2, 0.25) is 0 Å². The second kappa shape index (κ2) is 7.80. The molecule has 0 saturated heterocycles. The van der Waals surface area contributed by atoms with Crippen LogP contribution in [0.3, 0.4) is 0 Å². The fourth-order valence-corrected chi connectivity index (χ4v) is 4.29. The second-order valence-corrected chi connectivity index (χ2v) is 8.07. The molecular formula is C27H22N2O2. The number of nitrogens with zero attached hydrogens (tertiary/aromatic N) is 2. The topological polar surface area (TPSA) is 52.0 Å². The van der Waals surface area contributed by atoms with Gasteiger partial charge in [0.15, 0.2) is 5.78 Å². The van der Waals surface area contributed by atoms with Crippen molar-refractivity contribution in [3.05, 3.63) is 112 Å². The zero-order chi connectivity index (χ0) is 21.4. The molecule has 5 rings (SSSR count). The van der Waals surface area contributed by atoms with Crippen LogP contribution in [0.5, 0.6) is 0 Å². The van der Waals surface area contributed by atoms with Crippen molar-refractivity contribution in [2.24, 2.45) is 0 Å². The first-order valence-corrected chi connectivity index (χ1v) is 10.5. The van der Waals surface area contributed by atoms with Gasteiger partial charge in [-0.3, -0.25) is 14.2 Å². The highest BCUT2D eigenvalue weighted by atomic mass is 16.1. The van der Waals surface area contributed by atoms with Crippen LogP contribution in [0.25, 0.3) is 22.2 Å². The summed E-state index contributed by atoms with van der Waals surface area (Å²) in [5.74, 6) is 0.529. The van der Waals surface area contributed by atoms with Crippen molar-refractivity contribution in [3.63, 3.8) is 0 Å². The van der Waals surface area contributed by atoms with Gasteiger partial charge in [0, 0.05) is 12.3 Å². The van der Waals surface area contributed by atoms with Crippen LogP contribution in [0.15, 0.2) is 89.7 Å². The van der Waals surface area contributed by atoms with Crippen molar-refractivity contribution in [2.45, 2.75) is 25.7 Å². The van der Waals surface area contributed by atoms with Crippen LogP contribution in [0.4, 0.5) is 0 Å². The van der Waals surface area contributed by atoms with Gasteiger partial charge in [-0.1, -0.05) is 60.2 Å². The van der Waals surface area contributed by atoms with Crippen LogP contribution in [-0.2, 0) is 4.79 Å². The van der Waals surface area contributed by atoms with E-state index in [1.54, 1.807) is 16.7 Å². The third kappa shape index (κ3) is 3.61. The van der Waals surface area contributed by atoms with Crippen molar-refractivity contribution >= 4 is 22.3 Å². The van der Waals surface area contributed by atoms with Crippen molar-refractivity contribution in [3.8, 4) is 5.69 Å². The molecule has 1 aromatic heterocycles. The predicted octanol–water partition coefficient (Wildman–Crippen LogP) is 5.22. The third-order valence-electron chi connectivity index (χ3n) is 5.85. The van der Waals surface area contributed by atoms with Gasteiger partial charge in [-0.15, -0.1) is 0 Å². The number of carbonyl (C=O) groups excluding carboxylic acids is 1. The first kappa shape index (κ1) is 19.2. The van der Waals surface area contributed by atoms with Crippen LogP contribution in [0.1, 0.15) is 35.7 Å². The van der Waals surface area contributed by atoms with Crippen molar-refractivity contribution < 1.29 is 4.79 Å². The van der Waals surface area contributed by atoms with Gasteiger partial charge in [-0.05, 0) is 54.8 Å². The number of para-hydroxylation sites is 2. The number of ketones is 1. The maximum absolute atomic E-state index is 13.5. The molecule has 4 heteroatoms. The molecule has 152 valence electrons. The summed E-state index contributed by atoms with van der Waals surface area (Å²) in [5, 5.41) is 0.575. The molecule has 1 aliphatic rings. The van der Waals surface area contributed by atoms with E-state index in [1.807, 2.05) is 55.5 Å². The molecular weight excluding hydrogens is 384 g/mol. The largest absolute Gasteiger partial charge is 0.295 e. The highest BCUT2D eigenvalue weighted by Gasteiger charge is 2.28. The number of allylic oxidation sites excluding steroid dienone is 2. The monoisotopic (exact) mass is 406 g/mol. The normalized spacial score (nSPS) is 16.4. The molecule has 0 aliphatic heterocycles. The summed E-state index contributed by atoms with van der Waals surface area (Å²) in [6, 6.07) is 25.2. The van der Waals surface area contributed by atoms with Gasteiger partial charge in [-0.2, -0.15) is 0 Å². The molecule has 0 bridgehead atoms. The first-order valence-electron chi connectivity index (χ1n) is 10.5. The van der Waals surface area contributed by atoms with Gasteiger partial charge in [0.2, 0.25) is 0 Å². The third-order valence-corrected chi connectivity index (χ3v) is 5.85. The van der Waals surface area contributed by atoms with Crippen LogP contribution < -0.4 is 5.56 Å². The molecule has 1 atom stereocenters. The maximum Gasteiger partial charge on any atom is 0.265 e. The Hall–Kier alpha value is -3.79. The van der Waals surface area contributed by atoms with E-state index in [0.717, 1.165) is 16.8 Å². The number of rotatable bonds is 3. The van der Waals surface area contributed by atoms with Crippen LogP contribution >= 0.6 is 0 Å². The molecule has 0 fully saturated rings. The van der Waals surface area contributed by atoms with Crippen LogP contribution in [0, 0.1) is 6.92 Å². The predicted molar refractivity (Wildman–Crippen MR) is 123 cm³/mol. The number of carbonyl (C=O) groups is 1. The van der Waals surface area contributed by atoms with Crippen molar-refractivity contribution in [1.29, 1.82) is 0 Å². The molecule has 4 nitrogen and oxygen atoms in total. The molecule has 0 N–H and O–H groups in total. The number of aryl methyl sites for hydroxylation is 1. The van der Waals surface area contributed by atoms with E-state index in [2.05, 4.69) is 24.3 Å². The Morgan fingerprint density at radius 1 is 0.839 bits per heavy atom. The Balaban J connectivity index is 1.67. The molecule has 0 amide bonds. The molecule has 31 heavy (non-hydrogen) atoms. The Morgan fingerprint density at radius 3 is 2.32 bits per heavy atom. The first-order chi connectivity index (χ1) is 15.1. The smallest absolute Gasteiger partial charge is 0.265 e. The second-order valence-electron chi connectivity index (χ2n) is 8.07. The van der Waals surface area contributed by atoms with Gasteiger partial charge in [0.25, 0.3) is 5.56 Å². The Kier molecular flexibility index (Phi) is 4.83. The minimum Gasteiger partial charge on any atom is -0.295 e. The van der Waals surface area contributed by atoms with Gasteiger partial charge >= 0.3 is 0 Å². The molecule has 4 aromatic rings. The van der Waals surface area contributed by atoms with E-state index in [-0.39, 0.29) is 17.3 Å². The highest BCUT2D eigenvalue weighted by molar-refractivity contribution is 5.99. The van der Waals surface area contributed by atoms with Crippen molar-refractivity contribution in [1.82, 2.24) is 9.55 Å². The molecule has 1 aliphatic carbocycles. The molecule has 0 saturated carbocycles. The van der Waals surface area contributed by atoms with E-state index in [1.165, 1.54) is 5.56 Å². The summed E-state index contributed by atoms with van der Waals surface area (Å²) in [6.07, 6.45) is 2.74. The zero-order valence-electron chi connectivity index (χ0n) is 17.3. The SMILES string of the molecule is Cc1ccc(C2=CC(=O)CC(c3nc4ccccc4c(=O)n3-c3ccccc3)C2)cc1. The van der Waals surface area contributed by atoms with E-state index in [0.29, 0.717) is 29.6 Å². The average Bonchev–Trinajstić information content (AvgIpc) is 2.79. The number of hydrogen-bond donors (Lipinski definition) is 0. The number of fused-ring (bicyclic) bond motifs is 1. The van der Waals surface area contributed by atoms with Gasteiger partial charge < -0.3 is 0 Å². The van der Waals surface area contributed by atoms with E-state index in [4.69, 9.17) is 4.98 Å². The quantitative estimate of drug-likeness (QED) is 0.468. The highest BCUT2D eigenvalue weighted by Crippen LogP contribution is 2.36. The molecule has 0 spiro atoms. The van der Waals surface area contributed by atoms with Gasteiger partial charge in [0.05, 0.1) is 16.6 Å². The van der Waals surface area contributed by atoms with Crippen molar-refractivity contribution in [2.75, 3.05) is 0 Å². The number of aromatic nitrogens is 2. The van der Waals surface area contributed by atoms with E-state index in [9.17, 15) is 9.59 Å². The van der Waals surface area contributed by atoms with Gasteiger partial charge in [-0.25, -0.2) is 4.98 Å². The summed E-state index contributed by atoms with van der Waals surface area (Å²) >= 11 is 0. The summed E-state index contributed by atoms with van der Waals surface area (Å²) < 4.78 is 1.68. The van der Waals surface area contributed by atoms with E-state index < -0.39 is 0 Å². The lowest BCUT2D eigenvalue weighted by Crippen LogP contribution is -2.27. The minimum atomic E-state index is -0.175. The average molecular weight is 406 g/mol. The molecule has 3 aromatic carbocycles. The number of hydrogen-bond acceptors (Lipinski definition) is 3. The number of benzene rings is 3. The summed E-state index contributed by atoms with van der Waals surface area (Å²) in [5.41, 5.74) is 4.53. The molecule has 0 radical (unpaired) electrons. The minimum absolute atomic E-state index is 0.0637. The Bertz CT molecular complexity index is 1370. The maximum atomic E-state index is 13.5. The summed E-state index contributed by atoms with van der Waals surface area (Å²) in [6.45, 7) is 2.05. The summed E-state index contributed by atoms with van der Waals surface area (Å²) in [4.78, 5) is 31.1. The molecule has 1 heterocycles. The lowest BCUT2D eigenvalue weighted by atomic mass is 9.84. The van der Waals surface area contributed by atoms with E-state index >= 15 is 0 Å². The Labute approximate surface area is 180 Å². The zero-order valence-corrected chi connectivity index (χ0v) is 17.3. The Morgan fingerprint density at radius 2 is 1.55 bits per heavy atom. The lowest BCUT2D eigenvalue weighted by molar-refractivity contribution is -0.115. The van der Waals surface area contributed by atoms with Gasteiger partial charge in [0.1, 0.15) is 5.82 Å². The fraction of sp³-hybridized carbons (Fsp3) is 0.148. The molecule has 1 unspecified atom stereocenters.